The molecule has 1 aliphatic carbocycles. The van der Waals surface area contributed by atoms with Crippen LogP contribution in [-0.4, -0.2) is 23.3 Å². The molecular formula is C15H22N2O2. The van der Waals surface area contributed by atoms with Crippen molar-refractivity contribution in [3.8, 4) is 0 Å². The molecule has 0 radical (unpaired) electrons. The summed E-state index contributed by atoms with van der Waals surface area (Å²) in [6.45, 7) is 4.07. The van der Waals surface area contributed by atoms with Crippen LogP contribution in [0.5, 0.6) is 0 Å². The van der Waals surface area contributed by atoms with Gasteiger partial charge in [-0.25, -0.2) is 4.79 Å². The Morgan fingerprint density at radius 1 is 1.26 bits per heavy atom. The fraction of sp³-hybridized carbons (Fsp3) is 0.533. The van der Waals surface area contributed by atoms with Gasteiger partial charge in [-0.15, -0.1) is 0 Å². The molecule has 1 aromatic rings. The number of hydrogen-bond acceptors (Lipinski definition) is 2. The molecule has 2 atom stereocenters. The van der Waals surface area contributed by atoms with E-state index in [0.717, 1.165) is 30.5 Å². The van der Waals surface area contributed by atoms with Gasteiger partial charge in [0.15, 0.2) is 0 Å². The highest BCUT2D eigenvalue weighted by Crippen LogP contribution is 2.19. The summed E-state index contributed by atoms with van der Waals surface area (Å²) in [5, 5.41) is 15.3. The van der Waals surface area contributed by atoms with Gasteiger partial charge in [-0.2, -0.15) is 0 Å². The Kier molecular flexibility index (Phi) is 4.43. The molecule has 4 heteroatoms. The molecule has 0 bridgehead atoms. The highest BCUT2D eigenvalue weighted by molar-refractivity contribution is 5.89. The van der Waals surface area contributed by atoms with Gasteiger partial charge in [-0.3, -0.25) is 0 Å². The Morgan fingerprint density at radius 3 is 2.74 bits per heavy atom. The topological polar surface area (TPSA) is 61.4 Å². The SMILES string of the molecule is Cc1ccc(NC(=O)N[C@@H]2CCC[C@H](O)C2)cc1C. The summed E-state index contributed by atoms with van der Waals surface area (Å²) in [6, 6.07) is 5.75. The normalized spacial score (nSPS) is 22.9. The molecule has 0 spiro atoms. The summed E-state index contributed by atoms with van der Waals surface area (Å²) >= 11 is 0. The van der Waals surface area contributed by atoms with Crippen LogP contribution >= 0.6 is 0 Å². The minimum absolute atomic E-state index is 0.0790. The van der Waals surface area contributed by atoms with Crippen LogP contribution in [0.1, 0.15) is 36.8 Å². The van der Waals surface area contributed by atoms with Crippen LogP contribution in [0.4, 0.5) is 10.5 Å². The number of benzene rings is 1. The number of urea groups is 1. The van der Waals surface area contributed by atoms with E-state index in [1.807, 2.05) is 32.0 Å². The van der Waals surface area contributed by atoms with Crippen molar-refractivity contribution in [3.05, 3.63) is 29.3 Å². The van der Waals surface area contributed by atoms with E-state index in [0.29, 0.717) is 6.42 Å². The summed E-state index contributed by atoms with van der Waals surface area (Å²) in [4.78, 5) is 11.9. The zero-order chi connectivity index (χ0) is 13.8. The van der Waals surface area contributed by atoms with Gasteiger partial charge < -0.3 is 15.7 Å². The predicted octanol–water partition coefficient (Wildman–Crippen LogP) is 2.73. The molecule has 1 saturated carbocycles. The summed E-state index contributed by atoms with van der Waals surface area (Å²) < 4.78 is 0. The number of anilines is 1. The molecule has 1 aliphatic rings. The average molecular weight is 262 g/mol. The van der Waals surface area contributed by atoms with Crippen LogP contribution in [0.2, 0.25) is 0 Å². The second-order valence-electron chi connectivity index (χ2n) is 5.41. The molecular weight excluding hydrogens is 240 g/mol. The third-order valence-electron chi connectivity index (χ3n) is 3.75. The Labute approximate surface area is 114 Å². The molecule has 0 aromatic heterocycles. The fourth-order valence-electron chi connectivity index (χ4n) is 2.47. The fourth-order valence-corrected chi connectivity index (χ4v) is 2.47. The number of aliphatic hydroxyl groups excluding tert-OH is 1. The summed E-state index contributed by atoms with van der Waals surface area (Å²) in [6.07, 6.45) is 3.13. The number of carbonyl (C=O) groups excluding carboxylic acids is 1. The summed E-state index contributed by atoms with van der Waals surface area (Å²) in [7, 11) is 0. The lowest BCUT2D eigenvalue weighted by molar-refractivity contribution is 0.114. The van der Waals surface area contributed by atoms with Crippen molar-refractivity contribution >= 4 is 11.7 Å². The lowest BCUT2D eigenvalue weighted by Gasteiger charge is -2.26. The smallest absolute Gasteiger partial charge is 0.319 e. The Balaban J connectivity index is 1.88. The number of carbonyl (C=O) groups is 1. The van der Waals surface area contributed by atoms with Crippen LogP contribution in [-0.2, 0) is 0 Å². The molecule has 2 amide bonds. The first-order chi connectivity index (χ1) is 9.04. The van der Waals surface area contributed by atoms with E-state index in [-0.39, 0.29) is 18.2 Å². The van der Waals surface area contributed by atoms with Crippen LogP contribution in [0.25, 0.3) is 0 Å². The molecule has 2 rings (SSSR count). The van der Waals surface area contributed by atoms with Gasteiger partial charge in [0, 0.05) is 11.7 Å². The number of hydrogen-bond donors (Lipinski definition) is 3. The second-order valence-corrected chi connectivity index (χ2v) is 5.41. The molecule has 3 N–H and O–H groups in total. The number of amides is 2. The molecule has 19 heavy (non-hydrogen) atoms. The van der Waals surface area contributed by atoms with E-state index < -0.39 is 0 Å². The van der Waals surface area contributed by atoms with Gasteiger partial charge >= 0.3 is 6.03 Å². The van der Waals surface area contributed by atoms with E-state index in [4.69, 9.17) is 0 Å². The van der Waals surface area contributed by atoms with Gasteiger partial charge in [0.1, 0.15) is 0 Å². The van der Waals surface area contributed by atoms with Crippen molar-refractivity contribution in [2.75, 3.05) is 5.32 Å². The zero-order valence-electron chi connectivity index (χ0n) is 11.6. The Bertz CT molecular complexity index is 459. The van der Waals surface area contributed by atoms with E-state index in [2.05, 4.69) is 10.6 Å². The number of aliphatic hydroxyl groups is 1. The van der Waals surface area contributed by atoms with Crippen LogP contribution in [0.15, 0.2) is 18.2 Å². The maximum Gasteiger partial charge on any atom is 0.319 e. The molecule has 1 aromatic carbocycles. The highest BCUT2D eigenvalue weighted by Gasteiger charge is 2.21. The minimum atomic E-state index is -0.277. The maximum atomic E-state index is 11.9. The lowest BCUT2D eigenvalue weighted by atomic mass is 9.93. The molecule has 0 saturated heterocycles. The largest absolute Gasteiger partial charge is 0.393 e. The van der Waals surface area contributed by atoms with Crippen molar-refractivity contribution in [1.29, 1.82) is 0 Å². The zero-order valence-corrected chi connectivity index (χ0v) is 11.6. The first-order valence-corrected chi connectivity index (χ1v) is 6.87. The Hall–Kier alpha value is -1.55. The number of nitrogens with one attached hydrogen (secondary N) is 2. The highest BCUT2D eigenvalue weighted by atomic mass is 16.3. The van der Waals surface area contributed by atoms with Crippen LogP contribution in [0, 0.1) is 13.8 Å². The van der Waals surface area contributed by atoms with Crippen molar-refractivity contribution in [1.82, 2.24) is 5.32 Å². The van der Waals surface area contributed by atoms with E-state index in [9.17, 15) is 9.90 Å². The maximum absolute atomic E-state index is 11.9. The van der Waals surface area contributed by atoms with Gasteiger partial charge in [0.2, 0.25) is 0 Å². The minimum Gasteiger partial charge on any atom is -0.393 e. The molecule has 4 nitrogen and oxygen atoms in total. The molecule has 0 heterocycles. The first kappa shape index (κ1) is 13.9. The van der Waals surface area contributed by atoms with E-state index in [1.165, 1.54) is 5.56 Å². The lowest BCUT2D eigenvalue weighted by Crippen LogP contribution is -2.41. The molecule has 0 aliphatic heterocycles. The quantitative estimate of drug-likeness (QED) is 0.767. The van der Waals surface area contributed by atoms with Crippen LogP contribution < -0.4 is 10.6 Å². The Morgan fingerprint density at radius 2 is 2.05 bits per heavy atom. The van der Waals surface area contributed by atoms with Crippen molar-refractivity contribution in [3.63, 3.8) is 0 Å². The third-order valence-corrected chi connectivity index (χ3v) is 3.75. The summed E-state index contributed by atoms with van der Waals surface area (Å²) in [5.74, 6) is 0. The van der Waals surface area contributed by atoms with E-state index >= 15 is 0 Å². The standard InChI is InChI=1S/C15H22N2O2/c1-10-6-7-13(8-11(10)2)17-15(19)16-12-4-3-5-14(18)9-12/h6-8,12,14,18H,3-5,9H2,1-2H3,(H2,16,17,19)/t12-,14+/m1/s1. The van der Waals surface area contributed by atoms with Gasteiger partial charge in [0.05, 0.1) is 6.10 Å². The second kappa shape index (κ2) is 6.06. The molecule has 104 valence electrons. The molecule has 0 unspecified atom stereocenters. The van der Waals surface area contributed by atoms with Crippen molar-refractivity contribution in [2.24, 2.45) is 0 Å². The van der Waals surface area contributed by atoms with Crippen molar-refractivity contribution in [2.45, 2.75) is 51.7 Å². The van der Waals surface area contributed by atoms with Gasteiger partial charge in [0.25, 0.3) is 0 Å². The number of rotatable bonds is 2. The number of aryl methyl sites for hydroxylation is 2. The monoisotopic (exact) mass is 262 g/mol. The van der Waals surface area contributed by atoms with Crippen LogP contribution in [0.3, 0.4) is 0 Å². The molecule has 1 fully saturated rings. The van der Waals surface area contributed by atoms with E-state index in [1.54, 1.807) is 0 Å². The average Bonchev–Trinajstić information content (AvgIpc) is 2.34. The third kappa shape index (κ3) is 3.96. The van der Waals surface area contributed by atoms with Gasteiger partial charge in [-0.1, -0.05) is 6.07 Å². The summed E-state index contributed by atoms with van der Waals surface area (Å²) in [5.41, 5.74) is 3.17. The predicted molar refractivity (Wildman–Crippen MR) is 76.3 cm³/mol. The van der Waals surface area contributed by atoms with Gasteiger partial charge in [-0.05, 0) is 62.8 Å². The van der Waals surface area contributed by atoms with Crippen molar-refractivity contribution < 1.29 is 9.90 Å². The first-order valence-electron chi connectivity index (χ1n) is 6.87.